The van der Waals surface area contributed by atoms with Gasteiger partial charge in [0.05, 0.1) is 11.0 Å². The van der Waals surface area contributed by atoms with E-state index in [9.17, 15) is 9.18 Å². The molecule has 0 unspecified atom stereocenters. The second-order valence-corrected chi connectivity index (χ2v) is 4.55. The molecule has 2 aromatic carbocycles. The number of ketones is 1. The summed E-state index contributed by atoms with van der Waals surface area (Å²) >= 11 is 0. The minimum absolute atomic E-state index is 0.226. The molecule has 0 fully saturated rings. The molecule has 0 aliphatic rings. The third-order valence-electron chi connectivity index (χ3n) is 3.17. The highest BCUT2D eigenvalue weighted by atomic mass is 19.1. The molecule has 0 radical (unpaired) electrons. The van der Waals surface area contributed by atoms with E-state index in [0.717, 1.165) is 5.52 Å². The number of halogens is 1. The van der Waals surface area contributed by atoms with Crippen LogP contribution in [0.1, 0.15) is 21.5 Å². The minimum Gasteiger partial charge on any atom is -0.289 e. The van der Waals surface area contributed by atoms with Crippen molar-refractivity contribution in [3.63, 3.8) is 0 Å². The predicted molar refractivity (Wildman–Crippen MR) is 74.1 cm³/mol. The van der Waals surface area contributed by atoms with Gasteiger partial charge in [-0.15, -0.1) is 0 Å². The first kappa shape index (κ1) is 12.4. The summed E-state index contributed by atoms with van der Waals surface area (Å²) in [5.74, 6) is -0.604. The molecule has 0 bridgehead atoms. The lowest BCUT2D eigenvalue weighted by Crippen LogP contribution is -2.02. The lowest BCUT2D eigenvalue weighted by atomic mass is 10.0. The van der Waals surface area contributed by atoms with Gasteiger partial charge >= 0.3 is 0 Å². The van der Waals surface area contributed by atoms with Crippen LogP contribution in [0.3, 0.4) is 0 Å². The summed E-state index contributed by atoms with van der Waals surface area (Å²) in [6, 6.07) is 9.57. The molecular formula is C16H11FN2O. The fourth-order valence-corrected chi connectivity index (χ4v) is 2.01. The third kappa shape index (κ3) is 2.16. The average molecular weight is 266 g/mol. The molecule has 0 saturated heterocycles. The SMILES string of the molecule is Cc1ccc(C(=O)c2ccc3nccnc3c2)cc1F. The van der Waals surface area contributed by atoms with Gasteiger partial charge in [-0.1, -0.05) is 12.1 Å². The smallest absolute Gasteiger partial charge is 0.193 e. The van der Waals surface area contributed by atoms with Crippen LogP contribution in [0, 0.1) is 12.7 Å². The van der Waals surface area contributed by atoms with Gasteiger partial charge < -0.3 is 0 Å². The van der Waals surface area contributed by atoms with E-state index in [0.29, 0.717) is 22.2 Å². The van der Waals surface area contributed by atoms with Crippen molar-refractivity contribution < 1.29 is 9.18 Å². The fraction of sp³-hybridized carbons (Fsp3) is 0.0625. The summed E-state index contributed by atoms with van der Waals surface area (Å²) < 4.78 is 13.5. The van der Waals surface area contributed by atoms with E-state index >= 15 is 0 Å². The Balaban J connectivity index is 2.05. The topological polar surface area (TPSA) is 42.9 Å². The van der Waals surface area contributed by atoms with Gasteiger partial charge in [0.15, 0.2) is 5.78 Å². The zero-order chi connectivity index (χ0) is 14.1. The molecule has 3 aromatic rings. The van der Waals surface area contributed by atoms with Gasteiger partial charge in [0.1, 0.15) is 5.82 Å². The van der Waals surface area contributed by atoms with Gasteiger partial charge in [-0.2, -0.15) is 0 Å². The van der Waals surface area contributed by atoms with Crippen LogP contribution in [0.4, 0.5) is 4.39 Å². The van der Waals surface area contributed by atoms with E-state index in [1.54, 1.807) is 49.6 Å². The van der Waals surface area contributed by atoms with Crippen molar-refractivity contribution in [3.8, 4) is 0 Å². The van der Waals surface area contributed by atoms with Crippen molar-refractivity contribution in [2.75, 3.05) is 0 Å². The number of aryl methyl sites for hydroxylation is 1. The number of hydrogen-bond donors (Lipinski definition) is 0. The molecule has 4 heteroatoms. The highest BCUT2D eigenvalue weighted by Gasteiger charge is 2.11. The first-order valence-electron chi connectivity index (χ1n) is 6.17. The molecule has 0 aliphatic carbocycles. The van der Waals surface area contributed by atoms with E-state index in [1.807, 2.05) is 0 Å². The summed E-state index contributed by atoms with van der Waals surface area (Å²) in [5.41, 5.74) is 2.69. The summed E-state index contributed by atoms with van der Waals surface area (Å²) in [7, 11) is 0. The molecular weight excluding hydrogens is 255 g/mol. The molecule has 98 valence electrons. The number of fused-ring (bicyclic) bond motifs is 1. The van der Waals surface area contributed by atoms with Crippen molar-refractivity contribution in [2.45, 2.75) is 6.92 Å². The third-order valence-corrected chi connectivity index (χ3v) is 3.17. The Kier molecular flexibility index (Phi) is 2.99. The molecule has 1 aromatic heterocycles. The second kappa shape index (κ2) is 4.81. The summed E-state index contributed by atoms with van der Waals surface area (Å²) in [4.78, 5) is 20.6. The van der Waals surface area contributed by atoms with Crippen molar-refractivity contribution >= 4 is 16.8 Å². The highest BCUT2D eigenvalue weighted by Crippen LogP contribution is 2.17. The van der Waals surface area contributed by atoms with E-state index in [1.165, 1.54) is 6.07 Å². The summed E-state index contributed by atoms with van der Waals surface area (Å²) in [6.07, 6.45) is 3.17. The quantitative estimate of drug-likeness (QED) is 0.668. The Labute approximate surface area is 115 Å². The van der Waals surface area contributed by atoms with Crippen LogP contribution in [-0.2, 0) is 0 Å². The van der Waals surface area contributed by atoms with Crippen LogP contribution in [0.25, 0.3) is 11.0 Å². The first-order chi connectivity index (χ1) is 9.65. The largest absolute Gasteiger partial charge is 0.289 e. The van der Waals surface area contributed by atoms with Gasteiger partial charge in [0.25, 0.3) is 0 Å². The Morgan fingerprint density at radius 1 is 0.950 bits per heavy atom. The predicted octanol–water partition coefficient (Wildman–Crippen LogP) is 3.31. The van der Waals surface area contributed by atoms with E-state index in [4.69, 9.17) is 0 Å². The first-order valence-corrected chi connectivity index (χ1v) is 6.17. The van der Waals surface area contributed by atoms with E-state index in [2.05, 4.69) is 9.97 Å². The van der Waals surface area contributed by atoms with Gasteiger partial charge in [-0.05, 0) is 36.8 Å². The lowest BCUT2D eigenvalue weighted by molar-refractivity contribution is 0.103. The highest BCUT2D eigenvalue weighted by molar-refractivity contribution is 6.10. The maximum absolute atomic E-state index is 13.5. The van der Waals surface area contributed by atoms with Crippen molar-refractivity contribution in [2.24, 2.45) is 0 Å². The van der Waals surface area contributed by atoms with Crippen LogP contribution in [0.2, 0.25) is 0 Å². The zero-order valence-corrected chi connectivity index (χ0v) is 10.8. The van der Waals surface area contributed by atoms with Crippen LogP contribution < -0.4 is 0 Å². The standard InChI is InChI=1S/C16H11FN2O/c1-10-2-3-11(8-13(10)17)16(20)12-4-5-14-15(9-12)19-7-6-18-14/h2-9H,1H3. The van der Waals surface area contributed by atoms with Gasteiger partial charge in [-0.25, -0.2) is 4.39 Å². The van der Waals surface area contributed by atoms with Crippen molar-refractivity contribution in [3.05, 3.63) is 71.3 Å². The van der Waals surface area contributed by atoms with Crippen molar-refractivity contribution in [1.29, 1.82) is 0 Å². The van der Waals surface area contributed by atoms with Crippen molar-refractivity contribution in [1.82, 2.24) is 9.97 Å². The number of benzene rings is 2. The summed E-state index contributed by atoms with van der Waals surface area (Å²) in [6.45, 7) is 1.66. The monoisotopic (exact) mass is 266 g/mol. The number of hydrogen-bond acceptors (Lipinski definition) is 3. The number of carbonyl (C=O) groups excluding carboxylic acids is 1. The summed E-state index contributed by atoms with van der Waals surface area (Å²) in [5, 5.41) is 0. The Bertz CT molecular complexity index is 814. The molecule has 1 heterocycles. The van der Waals surface area contributed by atoms with Gasteiger partial charge in [0.2, 0.25) is 0 Å². The maximum atomic E-state index is 13.5. The van der Waals surface area contributed by atoms with Gasteiger partial charge in [-0.3, -0.25) is 14.8 Å². The number of rotatable bonds is 2. The molecule has 0 amide bonds. The Morgan fingerprint density at radius 3 is 2.35 bits per heavy atom. The zero-order valence-electron chi connectivity index (χ0n) is 10.8. The Morgan fingerprint density at radius 2 is 1.60 bits per heavy atom. The fourth-order valence-electron chi connectivity index (χ4n) is 2.01. The number of aromatic nitrogens is 2. The molecule has 3 rings (SSSR count). The van der Waals surface area contributed by atoms with Crippen LogP contribution in [0.15, 0.2) is 48.8 Å². The minimum atomic E-state index is -0.378. The molecule has 20 heavy (non-hydrogen) atoms. The second-order valence-electron chi connectivity index (χ2n) is 4.55. The molecule has 0 atom stereocenters. The number of nitrogens with zero attached hydrogens (tertiary/aromatic N) is 2. The molecule has 0 aliphatic heterocycles. The average Bonchev–Trinajstić information content (AvgIpc) is 2.49. The van der Waals surface area contributed by atoms with Crippen LogP contribution >= 0.6 is 0 Å². The van der Waals surface area contributed by atoms with E-state index in [-0.39, 0.29) is 11.6 Å². The normalized spacial score (nSPS) is 10.7. The molecule has 3 nitrogen and oxygen atoms in total. The lowest BCUT2D eigenvalue weighted by Gasteiger charge is -2.04. The van der Waals surface area contributed by atoms with Gasteiger partial charge in [0, 0.05) is 23.5 Å². The Hall–Kier alpha value is -2.62. The van der Waals surface area contributed by atoms with Crippen LogP contribution in [0.5, 0.6) is 0 Å². The molecule has 0 spiro atoms. The number of carbonyl (C=O) groups is 1. The molecule has 0 N–H and O–H groups in total. The maximum Gasteiger partial charge on any atom is 0.193 e. The van der Waals surface area contributed by atoms with Crippen LogP contribution in [-0.4, -0.2) is 15.8 Å². The van der Waals surface area contributed by atoms with E-state index < -0.39 is 0 Å². The molecule has 0 saturated carbocycles.